The lowest BCUT2D eigenvalue weighted by Gasteiger charge is -2.42. The summed E-state index contributed by atoms with van der Waals surface area (Å²) in [4.78, 5) is 27.3. The Hall–Kier alpha value is -3.42. The highest BCUT2D eigenvalue weighted by Crippen LogP contribution is 2.32. The van der Waals surface area contributed by atoms with E-state index in [1.807, 2.05) is 38.6 Å². The van der Waals surface area contributed by atoms with E-state index in [0.717, 1.165) is 33.7 Å². The average molecular weight is 679 g/mol. The summed E-state index contributed by atoms with van der Waals surface area (Å²) in [6.45, 7) is 2.93. The first kappa shape index (κ1) is 33.9. The largest absolute Gasteiger partial charge is 0.392 e. The van der Waals surface area contributed by atoms with E-state index in [0.29, 0.717) is 25.7 Å². The summed E-state index contributed by atoms with van der Waals surface area (Å²) in [5.41, 5.74) is 1.57. The summed E-state index contributed by atoms with van der Waals surface area (Å²) < 4.78 is 52.6. The summed E-state index contributed by atoms with van der Waals surface area (Å²) in [6.07, 6.45) is 7.81. The molecule has 2 fully saturated rings. The maximum Gasteiger partial charge on any atom is 0.214 e. The molecule has 2 atom stereocenters. The van der Waals surface area contributed by atoms with Gasteiger partial charge in [0.1, 0.15) is 35.6 Å². The lowest BCUT2D eigenvalue weighted by Crippen LogP contribution is -2.54. The first-order valence-corrected chi connectivity index (χ1v) is 18.4. The highest BCUT2D eigenvalue weighted by atomic mass is 32.2. The highest BCUT2D eigenvalue weighted by Gasteiger charge is 2.37. The summed E-state index contributed by atoms with van der Waals surface area (Å²) in [7, 11) is -2.94. The number of nitrogens with zero attached hydrogens (tertiary/aromatic N) is 6. The van der Waals surface area contributed by atoms with Gasteiger partial charge in [0.15, 0.2) is 0 Å². The summed E-state index contributed by atoms with van der Waals surface area (Å²) in [5, 5.41) is 20.3. The number of aromatic nitrogens is 6. The van der Waals surface area contributed by atoms with Crippen molar-refractivity contribution in [1.82, 2.24) is 39.3 Å². The van der Waals surface area contributed by atoms with Crippen LogP contribution in [0.3, 0.4) is 0 Å². The fraction of sp³-hybridized carbons (Fsp3) is 0.571. The highest BCUT2D eigenvalue weighted by molar-refractivity contribution is 7.89. The lowest BCUT2D eigenvalue weighted by atomic mass is 9.86. The van der Waals surface area contributed by atoms with Gasteiger partial charge in [-0.3, -0.25) is 0 Å². The van der Waals surface area contributed by atoms with Crippen molar-refractivity contribution in [3.05, 3.63) is 37.2 Å². The van der Waals surface area contributed by atoms with E-state index >= 15 is 0 Å². The van der Waals surface area contributed by atoms with E-state index < -0.39 is 32.3 Å². The fourth-order valence-corrected chi connectivity index (χ4v) is 8.73. The van der Waals surface area contributed by atoms with Crippen molar-refractivity contribution in [2.24, 2.45) is 0 Å². The molecule has 2 aliphatic rings. The molecule has 0 unspecified atom stereocenters. The topological polar surface area (TPSA) is 222 Å². The number of anilines is 2. The molecular weight excluding hydrogens is 637 g/mol. The van der Waals surface area contributed by atoms with E-state index in [1.165, 1.54) is 26.5 Å². The number of sulfonamides is 2. The normalized spacial score (nSPS) is 22.7. The number of aliphatic hydroxyl groups excluding tert-OH is 2. The summed E-state index contributed by atoms with van der Waals surface area (Å²) in [5.74, 6) is 1.15. The zero-order valence-electron chi connectivity index (χ0n) is 26.2. The van der Waals surface area contributed by atoms with E-state index in [1.54, 1.807) is 0 Å². The number of aromatic amines is 2. The molecule has 4 heterocycles. The van der Waals surface area contributed by atoms with Crippen molar-refractivity contribution in [2.75, 3.05) is 35.4 Å². The van der Waals surface area contributed by atoms with Crippen LogP contribution in [0.4, 0.5) is 11.6 Å². The first-order valence-electron chi connectivity index (χ1n) is 15.1. The monoisotopic (exact) mass is 678 g/mol. The molecule has 4 aromatic rings. The number of hydrogen-bond acceptors (Lipinski definition) is 12. The van der Waals surface area contributed by atoms with Crippen LogP contribution in [0.5, 0.6) is 0 Å². The number of H-pyrrole nitrogens is 2. The van der Waals surface area contributed by atoms with Gasteiger partial charge in [-0.05, 0) is 51.7 Å². The Balaban J connectivity index is 0.000000181. The van der Waals surface area contributed by atoms with Crippen LogP contribution in [0.1, 0.15) is 39.5 Å². The number of aliphatic hydroxyl groups is 2. The minimum Gasteiger partial charge on any atom is -0.392 e. The minimum absolute atomic E-state index is 0.0882. The Morgan fingerprint density at radius 1 is 0.739 bits per heavy atom. The molecule has 0 spiro atoms. The van der Waals surface area contributed by atoms with Gasteiger partial charge in [-0.1, -0.05) is 0 Å². The Morgan fingerprint density at radius 2 is 1.11 bits per heavy atom. The van der Waals surface area contributed by atoms with Gasteiger partial charge in [-0.2, -0.15) is 0 Å². The third-order valence-electron chi connectivity index (χ3n) is 8.27. The molecule has 0 amide bonds. The molecule has 18 heteroatoms. The Bertz CT molecular complexity index is 1700. The molecule has 6 N–H and O–H groups in total. The second kappa shape index (κ2) is 13.7. The van der Waals surface area contributed by atoms with E-state index in [9.17, 15) is 27.0 Å². The van der Waals surface area contributed by atoms with Gasteiger partial charge in [0.05, 0.1) is 34.5 Å². The molecule has 0 saturated heterocycles. The minimum atomic E-state index is -3.43. The number of fused-ring (bicyclic) bond motifs is 2. The van der Waals surface area contributed by atoms with Gasteiger partial charge in [-0.15, -0.1) is 0 Å². The SMILES string of the molecule is C[C@H](O)CS(=O)(=O)NC1CC(N(C)c2ncnc3[nH]ccc23)C1.C[C@H](O)CS(=O)(=O)NC1CC(N(C)c2ncnc3[nH]ccc23)C1. The first-order chi connectivity index (χ1) is 21.7. The second-order valence-corrected chi connectivity index (χ2v) is 15.8. The molecule has 252 valence electrons. The summed E-state index contributed by atoms with van der Waals surface area (Å²) in [6, 6.07) is 4.14. The van der Waals surface area contributed by atoms with Crippen LogP contribution in [-0.4, -0.2) is 119 Å². The van der Waals surface area contributed by atoms with Crippen LogP contribution in [0, 0.1) is 0 Å². The smallest absolute Gasteiger partial charge is 0.214 e. The average Bonchev–Trinajstić information content (AvgIpc) is 3.60. The molecule has 0 radical (unpaired) electrons. The van der Waals surface area contributed by atoms with Gasteiger partial charge >= 0.3 is 0 Å². The third-order valence-corrected chi connectivity index (χ3v) is 11.5. The molecule has 2 saturated carbocycles. The fourth-order valence-electron chi connectivity index (χ4n) is 5.87. The van der Waals surface area contributed by atoms with Gasteiger partial charge in [0.25, 0.3) is 0 Å². The predicted molar refractivity (Wildman–Crippen MR) is 175 cm³/mol. The van der Waals surface area contributed by atoms with Crippen LogP contribution in [0.2, 0.25) is 0 Å². The molecule has 0 aromatic carbocycles. The molecule has 6 rings (SSSR count). The lowest BCUT2D eigenvalue weighted by molar-refractivity contribution is 0.216. The summed E-state index contributed by atoms with van der Waals surface area (Å²) >= 11 is 0. The zero-order valence-corrected chi connectivity index (χ0v) is 27.8. The van der Waals surface area contributed by atoms with E-state index in [4.69, 9.17) is 0 Å². The molecule has 16 nitrogen and oxygen atoms in total. The molecule has 0 bridgehead atoms. The van der Waals surface area contributed by atoms with Crippen molar-refractivity contribution in [3.63, 3.8) is 0 Å². The maximum absolute atomic E-state index is 11.8. The van der Waals surface area contributed by atoms with Gasteiger partial charge in [0.2, 0.25) is 20.0 Å². The van der Waals surface area contributed by atoms with Crippen molar-refractivity contribution in [3.8, 4) is 0 Å². The van der Waals surface area contributed by atoms with Gasteiger partial charge in [0, 0.05) is 50.7 Å². The number of hydrogen-bond donors (Lipinski definition) is 6. The Labute approximate surface area is 268 Å². The van der Waals surface area contributed by atoms with Crippen LogP contribution in [0.15, 0.2) is 37.2 Å². The molecular formula is C28H42N10O6S2. The van der Waals surface area contributed by atoms with E-state index in [-0.39, 0.29) is 35.7 Å². The molecule has 2 aliphatic carbocycles. The number of rotatable bonds is 12. The van der Waals surface area contributed by atoms with Crippen molar-refractivity contribution in [1.29, 1.82) is 0 Å². The van der Waals surface area contributed by atoms with Gasteiger partial charge < -0.3 is 30.0 Å². The van der Waals surface area contributed by atoms with E-state index in [2.05, 4.69) is 49.1 Å². The predicted octanol–water partition coefficient (Wildman–Crippen LogP) is 0.451. The van der Waals surface area contributed by atoms with Crippen LogP contribution < -0.4 is 19.2 Å². The molecule has 4 aromatic heterocycles. The maximum atomic E-state index is 11.8. The second-order valence-electron chi connectivity index (χ2n) is 12.2. The van der Waals surface area contributed by atoms with Crippen LogP contribution >= 0.6 is 0 Å². The molecule has 46 heavy (non-hydrogen) atoms. The van der Waals surface area contributed by atoms with Crippen molar-refractivity contribution >= 4 is 53.7 Å². The van der Waals surface area contributed by atoms with Crippen LogP contribution in [-0.2, 0) is 20.0 Å². The van der Waals surface area contributed by atoms with Crippen molar-refractivity contribution in [2.45, 2.75) is 75.9 Å². The number of nitrogens with one attached hydrogen (secondary N) is 4. The third kappa shape index (κ3) is 8.10. The van der Waals surface area contributed by atoms with Crippen LogP contribution in [0.25, 0.3) is 22.1 Å². The quantitative estimate of drug-likeness (QED) is 0.120. The van der Waals surface area contributed by atoms with Crippen molar-refractivity contribution < 1.29 is 27.0 Å². The standard InChI is InChI=1S/2C14H21N5O3S/c2*1-9(20)7-23(21,22)18-10-5-11(6-10)19(2)14-12-3-4-15-13(12)16-8-17-14/h2*3-4,8-11,18,20H,5-7H2,1-2H3,(H,15,16,17)/t2*9-,10?,11?/m00/s1. The Morgan fingerprint density at radius 3 is 1.46 bits per heavy atom. The Kier molecular flexibility index (Phi) is 10.1. The molecule has 0 aliphatic heterocycles. The van der Waals surface area contributed by atoms with Gasteiger partial charge in [-0.25, -0.2) is 46.2 Å². The zero-order chi connectivity index (χ0) is 33.2.